The normalized spacial score (nSPS) is 11.7. The molecule has 0 saturated carbocycles. The second kappa shape index (κ2) is 6.95. The Balaban J connectivity index is 2.17. The number of nitrogens with zero attached hydrogens (tertiary/aromatic N) is 1. The number of rotatable bonds is 5. The summed E-state index contributed by atoms with van der Waals surface area (Å²) >= 11 is 5.33. The van der Waals surface area contributed by atoms with E-state index in [4.69, 9.17) is 0 Å². The van der Waals surface area contributed by atoms with Crippen molar-refractivity contribution in [2.24, 2.45) is 0 Å². The van der Waals surface area contributed by atoms with Gasteiger partial charge in [0.25, 0.3) is 0 Å². The van der Waals surface area contributed by atoms with Crippen LogP contribution >= 0.6 is 27.3 Å². The van der Waals surface area contributed by atoms with Gasteiger partial charge >= 0.3 is 0 Å². The van der Waals surface area contributed by atoms with E-state index in [9.17, 15) is 0 Å². The van der Waals surface area contributed by atoms with Crippen molar-refractivity contribution in [3.8, 4) is 0 Å². The van der Waals surface area contributed by atoms with Gasteiger partial charge in [-0.3, -0.25) is 0 Å². The maximum Gasteiger partial charge on any atom is 0.0434 e. The maximum absolute atomic E-state index is 3.58. The molecule has 0 spiro atoms. The molecule has 1 heterocycles. The number of anilines is 1. The summed E-state index contributed by atoms with van der Waals surface area (Å²) in [6, 6.07) is 8.70. The fourth-order valence-corrected chi connectivity index (χ4v) is 3.24. The summed E-state index contributed by atoms with van der Waals surface area (Å²) in [7, 11) is 2.15. The lowest BCUT2D eigenvalue weighted by Crippen LogP contribution is -2.35. The number of nitrogens with one attached hydrogen (secondary N) is 1. The summed E-state index contributed by atoms with van der Waals surface area (Å²) in [6.07, 6.45) is 0. The zero-order valence-corrected chi connectivity index (χ0v) is 15.5. The minimum Gasteiger partial charge on any atom is -0.370 e. The quantitative estimate of drug-likeness (QED) is 0.797. The number of benzene rings is 1. The molecule has 0 amide bonds. The molecule has 0 aliphatic carbocycles. The minimum absolute atomic E-state index is 0.117. The molecule has 0 atom stereocenters. The minimum atomic E-state index is 0.117. The van der Waals surface area contributed by atoms with Gasteiger partial charge in [-0.2, -0.15) is 11.3 Å². The van der Waals surface area contributed by atoms with E-state index in [1.165, 1.54) is 16.8 Å². The SMILES string of the molecule is CN(Cc1ccsc1)c1ccc(Br)cc1CNC(C)(C)C. The highest BCUT2D eigenvalue weighted by Gasteiger charge is 2.13. The Morgan fingerprint density at radius 1 is 1.24 bits per heavy atom. The molecule has 2 rings (SSSR count). The number of halogens is 1. The Hall–Kier alpha value is -0.840. The predicted molar refractivity (Wildman–Crippen MR) is 97.2 cm³/mol. The van der Waals surface area contributed by atoms with Crippen LogP contribution in [0.4, 0.5) is 5.69 Å². The van der Waals surface area contributed by atoms with Crippen molar-refractivity contribution in [3.05, 3.63) is 50.6 Å². The Morgan fingerprint density at radius 2 is 2.00 bits per heavy atom. The highest BCUT2D eigenvalue weighted by Crippen LogP contribution is 2.26. The fourth-order valence-electron chi connectivity index (χ4n) is 2.17. The van der Waals surface area contributed by atoms with Gasteiger partial charge in [-0.25, -0.2) is 0 Å². The van der Waals surface area contributed by atoms with Gasteiger partial charge in [0.15, 0.2) is 0 Å². The molecule has 114 valence electrons. The molecule has 0 fully saturated rings. The van der Waals surface area contributed by atoms with Gasteiger partial charge in [0.1, 0.15) is 0 Å². The van der Waals surface area contributed by atoms with Crippen LogP contribution in [-0.2, 0) is 13.1 Å². The smallest absolute Gasteiger partial charge is 0.0434 e. The Labute approximate surface area is 140 Å². The van der Waals surface area contributed by atoms with Crippen LogP contribution in [0.1, 0.15) is 31.9 Å². The molecule has 2 nitrogen and oxygen atoms in total. The van der Waals surface area contributed by atoms with Gasteiger partial charge in [-0.15, -0.1) is 0 Å². The molecule has 0 unspecified atom stereocenters. The van der Waals surface area contributed by atoms with Gasteiger partial charge < -0.3 is 10.2 Å². The van der Waals surface area contributed by atoms with E-state index < -0.39 is 0 Å². The van der Waals surface area contributed by atoms with Crippen molar-refractivity contribution in [1.82, 2.24) is 5.32 Å². The average Bonchev–Trinajstić information content (AvgIpc) is 2.88. The zero-order chi connectivity index (χ0) is 15.5. The van der Waals surface area contributed by atoms with E-state index in [1.807, 2.05) is 0 Å². The Bertz CT molecular complexity index is 573. The number of thiophene rings is 1. The number of hydrogen-bond donors (Lipinski definition) is 1. The zero-order valence-electron chi connectivity index (χ0n) is 13.1. The lowest BCUT2D eigenvalue weighted by Gasteiger charge is -2.26. The predicted octanol–water partition coefficient (Wildman–Crippen LogP) is 5.04. The van der Waals surface area contributed by atoms with Crippen molar-refractivity contribution in [2.75, 3.05) is 11.9 Å². The van der Waals surface area contributed by atoms with Crippen molar-refractivity contribution in [1.29, 1.82) is 0 Å². The third-order valence-corrected chi connectivity index (χ3v) is 4.49. The molecule has 0 saturated heterocycles. The summed E-state index contributed by atoms with van der Waals surface area (Å²) < 4.78 is 1.13. The van der Waals surface area contributed by atoms with E-state index in [1.54, 1.807) is 11.3 Å². The van der Waals surface area contributed by atoms with Crippen molar-refractivity contribution >= 4 is 33.0 Å². The van der Waals surface area contributed by atoms with Crippen molar-refractivity contribution in [3.63, 3.8) is 0 Å². The van der Waals surface area contributed by atoms with Crippen LogP contribution in [0.25, 0.3) is 0 Å². The van der Waals surface area contributed by atoms with Gasteiger partial charge in [-0.1, -0.05) is 15.9 Å². The average molecular weight is 367 g/mol. The first-order valence-corrected chi connectivity index (χ1v) is 8.84. The van der Waals surface area contributed by atoms with Crippen molar-refractivity contribution in [2.45, 2.75) is 39.4 Å². The topological polar surface area (TPSA) is 15.3 Å². The maximum atomic E-state index is 3.58. The molecular weight excluding hydrogens is 344 g/mol. The van der Waals surface area contributed by atoms with Crippen LogP contribution < -0.4 is 10.2 Å². The third kappa shape index (κ3) is 5.13. The monoisotopic (exact) mass is 366 g/mol. The van der Waals surface area contributed by atoms with E-state index >= 15 is 0 Å². The molecule has 1 aromatic carbocycles. The first-order chi connectivity index (χ1) is 9.85. The highest BCUT2D eigenvalue weighted by molar-refractivity contribution is 9.10. The summed E-state index contributed by atoms with van der Waals surface area (Å²) in [6.45, 7) is 8.39. The first-order valence-electron chi connectivity index (χ1n) is 7.11. The molecule has 0 aliphatic heterocycles. The molecule has 1 aromatic heterocycles. The summed E-state index contributed by atoms with van der Waals surface area (Å²) in [5, 5.41) is 7.92. The molecular formula is C17H23BrN2S. The van der Waals surface area contributed by atoms with E-state index in [0.29, 0.717) is 0 Å². The van der Waals surface area contributed by atoms with Gasteiger partial charge in [0.2, 0.25) is 0 Å². The van der Waals surface area contributed by atoms with E-state index in [0.717, 1.165) is 17.6 Å². The molecule has 0 bridgehead atoms. The van der Waals surface area contributed by atoms with Crippen LogP contribution in [0.2, 0.25) is 0 Å². The summed E-state index contributed by atoms with van der Waals surface area (Å²) in [5.41, 5.74) is 4.07. The molecule has 0 aliphatic rings. The number of hydrogen-bond acceptors (Lipinski definition) is 3. The Kier molecular flexibility index (Phi) is 5.47. The summed E-state index contributed by atoms with van der Waals surface area (Å²) in [5.74, 6) is 0. The lowest BCUT2D eigenvalue weighted by atomic mass is 10.1. The lowest BCUT2D eigenvalue weighted by molar-refractivity contribution is 0.424. The van der Waals surface area contributed by atoms with E-state index in [2.05, 4.69) is 89.0 Å². The fraction of sp³-hybridized carbons (Fsp3) is 0.412. The first kappa shape index (κ1) is 16.5. The molecule has 21 heavy (non-hydrogen) atoms. The molecule has 2 aromatic rings. The van der Waals surface area contributed by atoms with Gasteiger partial charge in [0.05, 0.1) is 0 Å². The second-order valence-corrected chi connectivity index (χ2v) is 8.06. The third-order valence-electron chi connectivity index (χ3n) is 3.26. The summed E-state index contributed by atoms with van der Waals surface area (Å²) in [4.78, 5) is 2.31. The largest absolute Gasteiger partial charge is 0.370 e. The van der Waals surface area contributed by atoms with Crippen LogP contribution in [0.15, 0.2) is 39.5 Å². The second-order valence-electron chi connectivity index (χ2n) is 6.36. The van der Waals surface area contributed by atoms with Crippen LogP contribution in [-0.4, -0.2) is 12.6 Å². The van der Waals surface area contributed by atoms with Crippen molar-refractivity contribution < 1.29 is 0 Å². The van der Waals surface area contributed by atoms with Crippen LogP contribution in [0.5, 0.6) is 0 Å². The van der Waals surface area contributed by atoms with Crippen LogP contribution in [0.3, 0.4) is 0 Å². The van der Waals surface area contributed by atoms with E-state index in [-0.39, 0.29) is 5.54 Å². The highest BCUT2D eigenvalue weighted by atomic mass is 79.9. The Morgan fingerprint density at radius 3 is 2.62 bits per heavy atom. The molecule has 1 N–H and O–H groups in total. The van der Waals surface area contributed by atoms with Gasteiger partial charge in [-0.05, 0) is 66.9 Å². The van der Waals surface area contributed by atoms with Crippen LogP contribution in [0, 0.1) is 0 Å². The molecule has 4 heteroatoms. The standard InChI is InChI=1S/C17H23BrN2S/c1-17(2,3)19-10-14-9-15(18)5-6-16(14)20(4)11-13-7-8-21-12-13/h5-9,12,19H,10-11H2,1-4H3. The van der Waals surface area contributed by atoms with Gasteiger partial charge in [0, 0.05) is 35.8 Å². The molecule has 0 radical (unpaired) electrons.